The quantitative estimate of drug-likeness (QED) is 0.792. The topological polar surface area (TPSA) is 66.8 Å². The average molecular weight is 350 g/mol. The van der Waals surface area contributed by atoms with Crippen molar-refractivity contribution in [3.8, 4) is 17.2 Å². The number of allylic oxidation sites excluding steroid dienone is 2. The van der Waals surface area contributed by atoms with Gasteiger partial charge in [0.25, 0.3) is 0 Å². The molecule has 4 heteroatoms. The normalized spacial score (nSPS) is 17.7. The third-order valence-electron chi connectivity index (χ3n) is 4.58. The van der Waals surface area contributed by atoms with Gasteiger partial charge in [-0.25, -0.2) is 0 Å². The SMILES string of the molecule is COc1cc(/C=C2\CCC/C(=C\c3ccc(O)c(C)c3)C2=O)ccc1O. The summed E-state index contributed by atoms with van der Waals surface area (Å²) in [6.45, 7) is 1.84. The summed E-state index contributed by atoms with van der Waals surface area (Å²) in [6.07, 6.45) is 6.15. The molecular formula is C22H22O4. The van der Waals surface area contributed by atoms with E-state index in [0.717, 1.165) is 47.1 Å². The van der Waals surface area contributed by atoms with Gasteiger partial charge < -0.3 is 14.9 Å². The van der Waals surface area contributed by atoms with Crippen LogP contribution in [0.3, 0.4) is 0 Å². The van der Waals surface area contributed by atoms with Gasteiger partial charge in [0.2, 0.25) is 0 Å². The summed E-state index contributed by atoms with van der Waals surface area (Å²) in [5.74, 6) is 0.767. The smallest absolute Gasteiger partial charge is 0.185 e. The minimum atomic E-state index is 0.0500. The van der Waals surface area contributed by atoms with Gasteiger partial charge in [-0.2, -0.15) is 0 Å². The highest BCUT2D eigenvalue weighted by Gasteiger charge is 2.20. The fourth-order valence-corrected chi connectivity index (χ4v) is 3.13. The highest BCUT2D eigenvalue weighted by atomic mass is 16.5. The van der Waals surface area contributed by atoms with E-state index in [1.54, 1.807) is 24.3 Å². The molecule has 2 N–H and O–H groups in total. The Morgan fingerprint density at radius 1 is 0.923 bits per heavy atom. The molecule has 0 spiro atoms. The highest BCUT2D eigenvalue weighted by molar-refractivity contribution is 6.14. The number of ether oxygens (including phenoxy) is 1. The lowest BCUT2D eigenvalue weighted by Crippen LogP contribution is -2.12. The van der Waals surface area contributed by atoms with Crippen LogP contribution >= 0.6 is 0 Å². The third kappa shape index (κ3) is 3.80. The summed E-state index contributed by atoms with van der Waals surface area (Å²) in [4.78, 5) is 12.8. The van der Waals surface area contributed by atoms with Gasteiger partial charge in [-0.15, -0.1) is 0 Å². The maximum absolute atomic E-state index is 12.8. The van der Waals surface area contributed by atoms with Crippen molar-refractivity contribution in [1.82, 2.24) is 0 Å². The minimum absolute atomic E-state index is 0.0500. The van der Waals surface area contributed by atoms with Gasteiger partial charge in [0, 0.05) is 11.1 Å². The first kappa shape index (κ1) is 17.8. The third-order valence-corrected chi connectivity index (χ3v) is 4.58. The van der Waals surface area contributed by atoms with Crippen LogP contribution in [-0.2, 0) is 4.79 Å². The molecule has 0 bridgehead atoms. The van der Waals surface area contributed by atoms with Gasteiger partial charge in [-0.3, -0.25) is 4.79 Å². The molecule has 1 aliphatic carbocycles. The number of carbonyl (C=O) groups excluding carboxylic acids is 1. The number of methoxy groups -OCH3 is 1. The summed E-state index contributed by atoms with van der Waals surface area (Å²) in [6, 6.07) is 10.4. The monoisotopic (exact) mass is 350 g/mol. The van der Waals surface area contributed by atoms with E-state index >= 15 is 0 Å². The maximum atomic E-state index is 12.8. The van der Waals surface area contributed by atoms with Crippen LogP contribution in [0.15, 0.2) is 47.5 Å². The Labute approximate surface area is 153 Å². The number of phenols is 2. The summed E-state index contributed by atoms with van der Waals surface area (Å²) in [7, 11) is 1.50. The lowest BCUT2D eigenvalue weighted by atomic mass is 9.86. The van der Waals surface area contributed by atoms with Gasteiger partial charge in [-0.1, -0.05) is 12.1 Å². The molecule has 0 atom stereocenters. The zero-order chi connectivity index (χ0) is 18.7. The summed E-state index contributed by atoms with van der Waals surface area (Å²) in [5, 5.41) is 19.3. The molecule has 0 amide bonds. The van der Waals surface area contributed by atoms with Crippen molar-refractivity contribution in [2.24, 2.45) is 0 Å². The second-order valence-corrected chi connectivity index (χ2v) is 6.50. The first-order valence-corrected chi connectivity index (χ1v) is 8.60. The standard InChI is InChI=1S/C22H22O4/c1-14-10-15(6-8-19(14)23)11-17-4-3-5-18(22(17)25)12-16-7-9-20(24)21(13-16)26-2/h6-13,23-24H,3-5H2,1-2H3/b17-11+,18-12+. The lowest BCUT2D eigenvalue weighted by Gasteiger charge is -2.17. The fraction of sp³-hybridized carbons (Fsp3) is 0.227. The Bertz CT molecular complexity index is 906. The summed E-state index contributed by atoms with van der Waals surface area (Å²) >= 11 is 0. The number of carbonyl (C=O) groups is 1. The van der Waals surface area contributed by atoms with Crippen molar-refractivity contribution in [1.29, 1.82) is 0 Å². The molecule has 1 saturated carbocycles. The van der Waals surface area contributed by atoms with E-state index in [2.05, 4.69) is 0 Å². The van der Waals surface area contributed by atoms with Crippen LogP contribution in [0.5, 0.6) is 17.2 Å². The zero-order valence-corrected chi connectivity index (χ0v) is 15.0. The molecule has 4 nitrogen and oxygen atoms in total. The number of aromatic hydroxyl groups is 2. The first-order chi connectivity index (χ1) is 12.5. The lowest BCUT2D eigenvalue weighted by molar-refractivity contribution is -0.112. The number of benzene rings is 2. The molecule has 1 aliphatic rings. The molecule has 2 aromatic rings. The molecule has 0 heterocycles. The van der Waals surface area contributed by atoms with Crippen molar-refractivity contribution in [2.75, 3.05) is 7.11 Å². The molecule has 134 valence electrons. The van der Waals surface area contributed by atoms with Gasteiger partial charge >= 0.3 is 0 Å². The molecule has 0 aromatic heterocycles. The van der Waals surface area contributed by atoms with Gasteiger partial charge in [0.1, 0.15) is 5.75 Å². The van der Waals surface area contributed by atoms with Crippen molar-refractivity contribution >= 4 is 17.9 Å². The second kappa shape index (κ2) is 7.48. The van der Waals surface area contributed by atoms with Crippen molar-refractivity contribution in [2.45, 2.75) is 26.2 Å². The molecule has 26 heavy (non-hydrogen) atoms. The van der Waals surface area contributed by atoms with Gasteiger partial charge in [0.05, 0.1) is 7.11 Å². The first-order valence-electron chi connectivity index (χ1n) is 8.60. The van der Waals surface area contributed by atoms with E-state index in [9.17, 15) is 15.0 Å². The zero-order valence-electron chi connectivity index (χ0n) is 15.0. The molecular weight excluding hydrogens is 328 g/mol. The van der Waals surface area contributed by atoms with Crippen LogP contribution in [0.1, 0.15) is 36.0 Å². The van der Waals surface area contributed by atoms with Gasteiger partial charge in [-0.05, 0) is 79.3 Å². The number of ketones is 1. The summed E-state index contributed by atoms with van der Waals surface area (Å²) < 4.78 is 5.13. The van der Waals surface area contributed by atoms with Crippen molar-refractivity contribution in [3.05, 3.63) is 64.2 Å². The Morgan fingerprint density at radius 2 is 1.50 bits per heavy atom. The van der Waals surface area contributed by atoms with Crippen molar-refractivity contribution < 1.29 is 19.7 Å². The Morgan fingerprint density at radius 3 is 2.08 bits per heavy atom. The Kier molecular flexibility index (Phi) is 5.12. The van der Waals surface area contributed by atoms with E-state index in [1.807, 2.05) is 31.2 Å². The van der Waals surface area contributed by atoms with Crippen LogP contribution in [0.4, 0.5) is 0 Å². The number of rotatable bonds is 3. The van der Waals surface area contributed by atoms with E-state index in [-0.39, 0.29) is 17.3 Å². The number of hydrogen-bond acceptors (Lipinski definition) is 4. The minimum Gasteiger partial charge on any atom is -0.508 e. The Hall–Kier alpha value is -3.01. The number of phenolic OH excluding ortho intramolecular Hbond substituents is 2. The molecule has 0 saturated heterocycles. The second-order valence-electron chi connectivity index (χ2n) is 6.50. The average Bonchev–Trinajstić information content (AvgIpc) is 2.63. The highest BCUT2D eigenvalue weighted by Crippen LogP contribution is 2.31. The number of aryl methyl sites for hydroxylation is 1. The predicted molar refractivity (Wildman–Crippen MR) is 102 cm³/mol. The van der Waals surface area contributed by atoms with Gasteiger partial charge in [0.15, 0.2) is 17.3 Å². The number of hydrogen-bond donors (Lipinski definition) is 2. The van der Waals surface area contributed by atoms with Crippen LogP contribution in [-0.4, -0.2) is 23.1 Å². The fourth-order valence-electron chi connectivity index (χ4n) is 3.13. The van der Waals surface area contributed by atoms with E-state index in [4.69, 9.17) is 4.74 Å². The molecule has 0 aliphatic heterocycles. The largest absolute Gasteiger partial charge is 0.508 e. The molecule has 1 fully saturated rings. The van der Waals surface area contributed by atoms with E-state index in [1.165, 1.54) is 7.11 Å². The van der Waals surface area contributed by atoms with E-state index in [0.29, 0.717) is 5.75 Å². The van der Waals surface area contributed by atoms with E-state index < -0.39 is 0 Å². The molecule has 2 aromatic carbocycles. The molecule has 3 rings (SSSR count). The van der Waals surface area contributed by atoms with Crippen molar-refractivity contribution in [3.63, 3.8) is 0 Å². The van der Waals surface area contributed by atoms with Crippen LogP contribution in [0, 0.1) is 6.92 Å². The van der Waals surface area contributed by atoms with Crippen LogP contribution in [0.25, 0.3) is 12.2 Å². The summed E-state index contributed by atoms with van der Waals surface area (Å²) in [5.41, 5.74) is 4.06. The molecule has 0 unspecified atom stereocenters. The maximum Gasteiger partial charge on any atom is 0.185 e. The Balaban J connectivity index is 1.89. The predicted octanol–water partition coefficient (Wildman–Crippen LogP) is 4.63. The molecule has 0 radical (unpaired) electrons. The van der Waals surface area contributed by atoms with Crippen LogP contribution in [0.2, 0.25) is 0 Å². The van der Waals surface area contributed by atoms with Crippen LogP contribution < -0.4 is 4.74 Å². The number of Topliss-reactive ketones (excluding diaryl/α,β-unsaturated/α-hetero) is 1.